The molecule has 0 aliphatic rings. The summed E-state index contributed by atoms with van der Waals surface area (Å²) in [5.74, 6) is 0.626. The van der Waals surface area contributed by atoms with E-state index in [-0.39, 0.29) is 0 Å². The fourth-order valence-corrected chi connectivity index (χ4v) is 1.85. The lowest BCUT2D eigenvalue weighted by atomic mass is 10.0. The number of hydrogen-bond acceptors (Lipinski definition) is 3. The van der Waals surface area contributed by atoms with Gasteiger partial charge in [-0.05, 0) is 25.5 Å². The number of aliphatic hydroxyl groups excluding tert-OH is 1. The van der Waals surface area contributed by atoms with Gasteiger partial charge in [-0.15, -0.1) is 0 Å². The maximum absolute atomic E-state index is 10.3. The highest BCUT2D eigenvalue weighted by molar-refractivity contribution is 5.34. The van der Waals surface area contributed by atoms with Gasteiger partial charge < -0.3 is 9.84 Å². The Labute approximate surface area is 107 Å². The van der Waals surface area contributed by atoms with Crippen LogP contribution in [0.5, 0.6) is 5.88 Å². The summed E-state index contributed by atoms with van der Waals surface area (Å²) in [7, 11) is 0. The molecule has 0 amide bonds. The van der Waals surface area contributed by atoms with Crippen LogP contribution >= 0.6 is 0 Å². The number of aryl methyl sites for hydroxylation is 1. The third kappa shape index (κ3) is 2.68. The fourth-order valence-electron chi connectivity index (χ4n) is 1.85. The maximum Gasteiger partial charge on any atom is 0.216 e. The van der Waals surface area contributed by atoms with Crippen molar-refractivity contribution in [1.82, 2.24) is 4.98 Å². The van der Waals surface area contributed by atoms with Crippen LogP contribution in [0.1, 0.15) is 29.7 Å². The lowest BCUT2D eigenvalue weighted by Gasteiger charge is -2.13. The predicted molar refractivity (Wildman–Crippen MR) is 70.6 cm³/mol. The number of hydrogen-bond donors (Lipinski definition) is 1. The van der Waals surface area contributed by atoms with E-state index in [1.54, 1.807) is 6.20 Å². The monoisotopic (exact) mass is 243 g/mol. The number of rotatable bonds is 4. The first-order valence-corrected chi connectivity index (χ1v) is 6.04. The van der Waals surface area contributed by atoms with E-state index in [1.807, 2.05) is 50.2 Å². The minimum absolute atomic E-state index is 0.592. The third-order valence-corrected chi connectivity index (χ3v) is 2.76. The first-order chi connectivity index (χ1) is 8.72. The van der Waals surface area contributed by atoms with E-state index in [1.165, 1.54) is 0 Å². The summed E-state index contributed by atoms with van der Waals surface area (Å²) >= 11 is 0. The van der Waals surface area contributed by atoms with Gasteiger partial charge in [-0.1, -0.05) is 30.3 Å². The molecular weight excluding hydrogens is 226 g/mol. The van der Waals surface area contributed by atoms with Crippen LogP contribution in [0.15, 0.2) is 42.6 Å². The molecule has 18 heavy (non-hydrogen) atoms. The molecule has 1 aromatic carbocycles. The van der Waals surface area contributed by atoms with Crippen LogP contribution in [0.2, 0.25) is 0 Å². The Bertz CT molecular complexity index is 511. The average molecular weight is 243 g/mol. The zero-order chi connectivity index (χ0) is 13.0. The molecule has 0 aliphatic carbocycles. The zero-order valence-corrected chi connectivity index (χ0v) is 10.6. The van der Waals surface area contributed by atoms with Crippen molar-refractivity contribution < 1.29 is 9.84 Å². The first-order valence-electron chi connectivity index (χ1n) is 6.04. The smallest absolute Gasteiger partial charge is 0.216 e. The molecule has 3 heteroatoms. The normalized spacial score (nSPS) is 12.2. The molecule has 0 saturated carbocycles. The molecule has 1 N–H and O–H groups in total. The SMILES string of the molecule is CCOc1ncc([C@@H](O)c2ccccc2)cc1C. The van der Waals surface area contributed by atoms with Gasteiger partial charge in [-0.25, -0.2) is 4.98 Å². The molecule has 0 saturated heterocycles. The van der Waals surface area contributed by atoms with Crippen LogP contribution in [0, 0.1) is 6.92 Å². The Kier molecular flexibility index (Phi) is 3.95. The molecule has 1 atom stereocenters. The molecule has 2 aromatic rings. The predicted octanol–water partition coefficient (Wildman–Crippen LogP) is 2.87. The maximum atomic E-state index is 10.3. The Morgan fingerprint density at radius 3 is 2.56 bits per heavy atom. The summed E-state index contributed by atoms with van der Waals surface area (Å²) in [6.45, 7) is 4.45. The highest BCUT2D eigenvalue weighted by Crippen LogP contribution is 2.24. The summed E-state index contributed by atoms with van der Waals surface area (Å²) in [6, 6.07) is 11.5. The number of aromatic nitrogens is 1. The van der Waals surface area contributed by atoms with Crippen LogP contribution in [-0.2, 0) is 0 Å². The van der Waals surface area contributed by atoms with Crippen molar-refractivity contribution in [3.8, 4) is 5.88 Å². The number of ether oxygens (including phenoxy) is 1. The molecule has 1 aromatic heterocycles. The first kappa shape index (κ1) is 12.6. The summed E-state index contributed by atoms with van der Waals surface area (Å²) in [4.78, 5) is 4.23. The lowest BCUT2D eigenvalue weighted by molar-refractivity contribution is 0.219. The fraction of sp³-hybridized carbons (Fsp3) is 0.267. The quantitative estimate of drug-likeness (QED) is 0.897. The van der Waals surface area contributed by atoms with Gasteiger partial charge in [0.2, 0.25) is 5.88 Å². The van der Waals surface area contributed by atoms with Gasteiger partial charge >= 0.3 is 0 Å². The number of benzene rings is 1. The van der Waals surface area contributed by atoms with E-state index < -0.39 is 6.10 Å². The van der Waals surface area contributed by atoms with Gasteiger partial charge in [-0.3, -0.25) is 0 Å². The molecular formula is C15H17NO2. The summed E-state index contributed by atoms with van der Waals surface area (Å²) in [5.41, 5.74) is 2.58. The van der Waals surface area contributed by atoms with Crippen molar-refractivity contribution in [2.75, 3.05) is 6.61 Å². The van der Waals surface area contributed by atoms with Gasteiger partial charge in [0.05, 0.1) is 6.61 Å². The number of aliphatic hydroxyl groups is 1. The van der Waals surface area contributed by atoms with Crippen molar-refractivity contribution in [2.24, 2.45) is 0 Å². The third-order valence-electron chi connectivity index (χ3n) is 2.76. The second-order valence-corrected chi connectivity index (χ2v) is 4.14. The lowest BCUT2D eigenvalue weighted by Crippen LogP contribution is -2.03. The second kappa shape index (κ2) is 5.65. The van der Waals surface area contributed by atoms with Crippen LogP contribution < -0.4 is 4.74 Å². The van der Waals surface area contributed by atoms with Crippen molar-refractivity contribution in [3.05, 3.63) is 59.3 Å². The van der Waals surface area contributed by atoms with Crippen LogP contribution in [0.3, 0.4) is 0 Å². The van der Waals surface area contributed by atoms with Gasteiger partial charge in [0.1, 0.15) is 6.10 Å². The van der Waals surface area contributed by atoms with Crippen LogP contribution in [-0.4, -0.2) is 16.7 Å². The Balaban J connectivity index is 2.26. The van der Waals surface area contributed by atoms with Gasteiger partial charge in [0.25, 0.3) is 0 Å². The Morgan fingerprint density at radius 2 is 1.94 bits per heavy atom. The van der Waals surface area contributed by atoms with E-state index in [0.29, 0.717) is 12.5 Å². The number of nitrogens with zero attached hydrogens (tertiary/aromatic N) is 1. The van der Waals surface area contributed by atoms with Gasteiger partial charge in [0, 0.05) is 17.3 Å². The molecule has 0 fully saturated rings. The molecule has 0 aliphatic heterocycles. The topological polar surface area (TPSA) is 42.4 Å². The van der Waals surface area contributed by atoms with E-state index in [2.05, 4.69) is 4.98 Å². The summed E-state index contributed by atoms with van der Waals surface area (Å²) < 4.78 is 5.38. The minimum atomic E-state index is -0.645. The summed E-state index contributed by atoms with van der Waals surface area (Å²) in [6.07, 6.45) is 1.02. The highest BCUT2D eigenvalue weighted by Gasteiger charge is 2.12. The largest absolute Gasteiger partial charge is 0.478 e. The van der Waals surface area contributed by atoms with Crippen LogP contribution in [0.25, 0.3) is 0 Å². The molecule has 1 heterocycles. The molecule has 0 radical (unpaired) electrons. The van der Waals surface area contributed by atoms with Crippen molar-refractivity contribution in [2.45, 2.75) is 20.0 Å². The Hall–Kier alpha value is -1.87. The molecule has 94 valence electrons. The van der Waals surface area contributed by atoms with E-state index in [9.17, 15) is 5.11 Å². The molecule has 3 nitrogen and oxygen atoms in total. The molecule has 0 spiro atoms. The van der Waals surface area contributed by atoms with E-state index >= 15 is 0 Å². The van der Waals surface area contributed by atoms with Gasteiger partial charge in [-0.2, -0.15) is 0 Å². The van der Waals surface area contributed by atoms with Crippen molar-refractivity contribution >= 4 is 0 Å². The molecule has 2 rings (SSSR count). The molecule has 0 unspecified atom stereocenters. The van der Waals surface area contributed by atoms with E-state index in [0.717, 1.165) is 16.7 Å². The van der Waals surface area contributed by atoms with Crippen LogP contribution in [0.4, 0.5) is 0 Å². The number of pyridine rings is 1. The zero-order valence-electron chi connectivity index (χ0n) is 10.6. The highest BCUT2D eigenvalue weighted by atomic mass is 16.5. The summed E-state index contributed by atoms with van der Waals surface area (Å²) in [5, 5.41) is 10.3. The standard InChI is InChI=1S/C15H17NO2/c1-3-18-15-11(2)9-13(10-16-15)14(17)12-7-5-4-6-8-12/h4-10,14,17H,3H2,1-2H3/t14-/m0/s1. The second-order valence-electron chi connectivity index (χ2n) is 4.14. The van der Waals surface area contributed by atoms with Crippen molar-refractivity contribution in [3.63, 3.8) is 0 Å². The molecule has 0 bridgehead atoms. The average Bonchev–Trinajstić information content (AvgIpc) is 2.41. The van der Waals surface area contributed by atoms with E-state index in [4.69, 9.17) is 4.74 Å². The minimum Gasteiger partial charge on any atom is -0.478 e. The van der Waals surface area contributed by atoms with Gasteiger partial charge in [0.15, 0.2) is 0 Å². The Morgan fingerprint density at radius 1 is 1.22 bits per heavy atom. The van der Waals surface area contributed by atoms with Crippen molar-refractivity contribution in [1.29, 1.82) is 0 Å².